The van der Waals surface area contributed by atoms with Gasteiger partial charge in [-0.2, -0.15) is 0 Å². The van der Waals surface area contributed by atoms with Crippen LogP contribution in [0.1, 0.15) is 10.9 Å². The molecule has 0 radical (unpaired) electrons. The average Bonchev–Trinajstić information content (AvgIpc) is 3.01. The van der Waals surface area contributed by atoms with Crippen LogP contribution >= 0.6 is 23.4 Å². The molecule has 1 atom stereocenters. The number of carbonyl (C=O) groups is 1. The fourth-order valence-electron chi connectivity index (χ4n) is 2.82. The summed E-state index contributed by atoms with van der Waals surface area (Å²) >= 11 is 7.64. The van der Waals surface area contributed by atoms with Crippen LogP contribution in [0.2, 0.25) is 5.02 Å². The number of benzene rings is 2. The van der Waals surface area contributed by atoms with Crippen LogP contribution in [0.4, 0.5) is 5.69 Å². The monoisotopic (exact) mass is 379 g/mol. The van der Waals surface area contributed by atoms with Crippen molar-refractivity contribution in [3.05, 3.63) is 47.0 Å². The highest BCUT2D eigenvalue weighted by molar-refractivity contribution is 8.00. The first-order valence-corrected chi connectivity index (χ1v) is 9.01. The van der Waals surface area contributed by atoms with E-state index in [4.69, 9.17) is 25.8 Å². The molecule has 2 aromatic rings. The van der Waals surface area contributed by atoms with Crippen molar-refractivity contribution >= 4 is 35.0 Å². The molecule has 7 heteroatoms. The van der Waals surface area contributed by atoms with Crippen LogP contribution in [0.15, 0.2) is 36.4 Å². The quantitative estimate of drug-likeness (QED) is 0.781. The Labute approximate surface area is 155 Å². The maximum atomic E-state index is 12.5. The topological polar surface area (TPSA) is 48.0 Å². The molecular formula is C18H18ClNO4S. The van der Waals surface area contributed by atoms with Crippen molar-refractivity contribution in [2.75, 3.05) is 32.0 Å². The number of hydrogen-bond acceptors (Lipinski definition) is 5. The van der Waals surface area contributed by atoms with Crippen molar-refractivity contribution < 1.29 is 19.0 Å². The molecule has 0 saturated carbocycles. The van der Waals surface area contributed by atoms with E-state index in [0.717, 1.165) is 11.3 Å². The van der Waals surface area contributed by atoms with Crippen LogP contribution in [0.5, 0.6) is 17.2 Å². The molecule has 5 nitrogen and oxygen atoms in total. The third-order valence-corrected chi connectivity index (χ3v) is 5.37. The van der Waals surface area contributed by atoms with E-state index in [1.165, 1.54) is 0 Å². The zero-order valence-electron chi connectivity index (χ0n) is 14.1. The van der Waals surface area contributed by atoms with Gasteiger partial charge in [0.25, 0.3) is 0 Å². The summed E-state index contributed by atoms with van der Waals surface area (Å²) in [5.41, 5.74) is 1.66. The standard InChI is InChI=1S/C18H18ClNO4S/c1-22-14-7-11(8-15(23-2)17(14)24-3)18-20(16(21)10-25-18)13-6-4-5-12(19)9-13/h4-9,18H,10H2,1-3H3. The molecule has 1 amide bonds. The summed E-state index contributed by atoms with van der Waals surface area (Å²) in [6.45, 7) is 0. The minimum absolute atomic E-state index is 0.0334. The third kappa shape index (κ3) is 3.37. The number of methoxy groups -OCH3 is 3. The lowest BCUT2D eigenvalue weighted by Crippen LogP contribution is -2.27. The van der Waals surface area contributed by atoms with Gasteiger partial charge in [-0.05, 0) is 35.9 Å². The van der Waals surface area contributed by atoms with Gasteiger partial charge < -0.3 is 14.2 Å². The summed E-state index contributed by atoms with van der Waals surface area (Å²) in [5.74, 6) is 2.07. The van der Waals surface area contributed by atoms with Gasteiger partial charge in [-0.25, -0.2) is 0 Å². The van der Waals surface area contributed by atoms with Gasteiger partial charge in [0, 0.05) is 10.7 Å². The van der Waals surface area contributed by atoms with Crippen molar-refractivity contribution in [3.63, 3.8) is 0 Å². The van der Waals surface area contributed by atoms with E-state index < -0.39 is 0 Å². The highest BCUT2D eigenvalue weighted by atomic mass is 35.5. The molecule has 1 aliphatic rings. The Morgan fingerprint density at radius 1 is 1.08 bits per heavy atom. The van der Waals surface area contributed by atoms with Crippen molar-refractivity contribution in [3.8, 4) is 17.2 Å². The van der Waals surface area contributed by atoms with Crippen molar-refractivity contribution in [1.82, 2.24) is 0 Å². The molecule has 0 aliphatic carbocycles. The molecule has 0 spiro atoms. The molecule has 2 aromatic carbocycles. The Balaban J connectivity index is 2.06. The van der Waals surface area contributed by atoms with E-state index in [1.807, 2.05) is 24.3 Å². The first-order valence-electron chi connectivity index (χ1n) is 7.58. The molecule has 25 heavy (non-hydrogen) atoms. The van der Waals surface area contributed by atoms with Gasteiger partial charge in [0.15, 0.2) is 11.5 Å². The Bertz CT molecular complexity index is 773. The molecule has 1 saturated heterocycles. The zero-order chi connectivity index (χ0) is 18.0. The lowest BCUT2D eigenvalue weighted by Gasteiger charge is -2.25. The second kappa shape index (κ2) is 7.45. The van der Waals surface area contributed by atoms with Crippen LogP contribution in [-0.2, 0) is 4.79 Å². The number of thioether (sulfide) groups is 1. The number of nitrogens with zero attached hydrogens (tertiary/aromatic N) is 1. The van der Waals surface area contributed by atoms with Crippen molar-refractivity contribution in [1.29, 1.82) is 0 Å². The number of halogens is 1. The van der Waals surface area contributed by atoms with Gasteiger partial charge in [-0.15, -0.1) is 11.8 Å². The van der Waals surface area contributed by atoms with Gasteiger partial charge in [0.2, 0.25) is 11.7 Å². The predicted octanol–water partition coefficient (Wildman–Crippen LogP) is 4.14. The summed E-state index contributed by atoms with van der Waals surface area (Å²) in [6, 6.07) is 11.0. The van der Waals surface area contributed by atoms with E-state index >= 15 is 0 Å². The molecule has 0 N–H and O–H groups in total. The van der Waals surface area contributed by atoms with Gasteiger partial charge in [-0.3, -0.25) is 9.69 Å². The number of ether oxygens (including phenoxy) is 3. The molecule has 1 fully saturated rings. The minimum Gasteiger partial charge on any atom is -0.493 e. The van der Waals surface area contributed by atoms with Crippen LogP contribution in [-0.4, -0.2) is 33.0 Å². The van der Waals surface area contributed by atoms with E-state index in [0.29, 0.717) is 28.0 Å². The number of hydrogen-bond donors (Lipinski definition) is 0. The second-order valence-corrected chi connectivity index (χ2v) is 6.87. The highest BCUT2D eigenvalue weighted by Gasteiger charge is 2.35. The molecular weight excluding hydrogens is 362 g/mol. The highest BCUT2D eigenvalue weighted by Crippen LogP contribution is 2.47. The van der Waals surface area contributed by atoms with Crippen LogP contribution < -0.4 is 19.1 Å². The third-order valence-electron chi connectivity index (χ3n) is 3.93. The number of rotatable bonds is 5. The number of amides is 1. The van der Waals surface area contributed by atoms with Crippen LogP contribution in [0.25, 0.3) is 0 Å². The summed E-state index contributed by atoms with van der Waals surface area (Å²) in [6.07, 6.45) is 0. The molecule has 1 heterocycles. The van der Waals surface area contributed by atoms with Gasteiger partial charge in [0.05, 0.1) is 27.1 Å². The Kier molecular flexibility index (Phi) is 5.30. The molecule has 1 unspecified atom stereocenters. The van der Waals surface area contributed by atoms with Gasteiger partial charge in [-0.1, -0.05) is 17.7 Å². The summed E-state index contributed by atoms with van der Waals surface area (Å²) in [5, 5.41) is 0.394. The molecule has 0 aromatic heterocycles. The summed E-state index contributed by atoms with van der Waals surface area (Å²) < 4.78 is 16.2. The molecule has 3 rings (SSSR count). The minimum atomic E-state index is -0.195. The van der Waals surface area contributed by atoms with Crippen LogP contribution in [0, 0.1) is 0 Å². The maximum absolute atomic E-state index is 12.5. The molecule has 1 aliphatic heterocycles. The largest absolute Gasteiger partial charge is 0.493 e. The normalized spacial score (nSPS) is 16.9. The van der Waals surface area contributed by atoms with E-state index in [1.54, 1.807) is 50.1 Å². The zero-order valence-corrected chi connectivity index (χ0v) is 15.7. The molecule has 132 valence electrons. The average molecular weight is 380 g/mol. The van der Waals surface area contributed by atoms with Gasteiger partial charge in [0.1, 0.15) is 5.37 Å². The SMILES string of the molecule is COc1cc(C2SCC(=O)N2c2cccc(Cl)c2)cc(OC)c1OC. The smallest absolute Gasteiger partial charge is 0.238 e. The lowest BCUT2D eigenvalue weighted by molar-refractivity contribution is -0.115. The predicted molar refractivity (Wildman–Crippen MR) is 100 cm³/mol. The summed E-state index contributed by atoms with van der Waals surface area (Å²) in [7, 11) is 4.71. The van der Waals surface area contributed by atoms with Crippen molar-refractivity contribution in [2.45, 2.75) is 5.37 Å². The fraction of sp³-hybridized carbons (Fsp3) is 0.278. The van der Waals surface area contributed by atoms with E-state index in [9.17, 15) is 4.79 Å². The molecule has 0 bridgehead atoms. The van der Waals surface area contributed by atoms with E-state index in [2.05, 4.69) is 0 Å². The maximum Gasteiger partial charge on any atom is 0.238 e. The Morgan fingerprint density at radius 3 is 2.32 bits per heavy atom. The van der Waals surface area contributed by atoms with Gasteiger partial charge >= 0.3 is 0 Å². The first-order chi connectivity index (χ1) is 12.1. The van der Waals surface area contributed by atoms with Crippen molar-refractivity contribution in [2.24, 2.45) is 0 Å². The number of anilines is 1. The van der Waals surface area contributed by atoms with E-state index in [-0.39, 0.29) is 11.3 Å². The first kappa shape index (κ1) is 17.8. The second-order valence-electron chi connectivity index (χ2n) is 5.37. The summed E-state index contributed by atoms with van der Waals surface area (Å²) in [4.78, 5) is 14.2. The Hall–Kier alpha value is -2.05. The van der Waals surface area contributed by atoms with Crippen LogP contribution in [0.3, 0.4) is 0 Å². The Morgan fingerprint density at radius 2 is 1.76 bits per heavy atom. The lowest BCUT2D eigenvalue weighted by atomic mass is 10.1. The fourth-order valence-corrected chi connectivity index (χ4v) is 4.16. The number of carbonyl (C=O) groups excluding carboxylic acids is 1.